The summed E-state index contributed by atoms with van der Waals surface area (Å²) in [5.41, 5.74) is 6.80. The summed E-state index contributed by atoms with van der Waals surface area (Å²) in [6.45, 7) is 1.65. The first-order valence-electron chi connectivity index (χ1n) is 7.01. The van der Waals surface area contributed by atoms with Gasteiger partial charge >= 0.3 is 0 Å². The van der Waals surface area contributed by atoms with E-state index in [2.05, 4.69) is 15.4 Å². The van der Waals surface area contributed by atoms with Crippen molar-refractivity contribution >= 4 is 22.6 Å². The average molecular weight is 289 g/mol. The van der Waals surface area contributed by atoms with Crippen molar-refractivity contribution in [3.05, 3.63) is 18.5 Å². The lowest BCUT2D eigenvalue weighted by Crippen LogP contribution is -2.46. The van der Waals surface area contributed by atoms with Crippen molar-refractivity contribution in [2.75, 3.05) is 25.1 Å². The third kappa shape index (κ3) is 2.44. The number of anilines is 1. The summed E-state index contributed by atoms with van der Waals surface area (Å²) in [6.07, 6.45) is 4.80. The molecule has 2 aromatic heterocycles. The van der Waals surface area contributed by atoms with Gasteiger partial charge in [0.25, 0.3) is 0 Å². The molecular weight excluding hydrogens is 270 g/mol. The molecule has 3 rings (SSSR count). The Labute approximate surface area is 122 Å². The minimum atomic E-state index is -0.546. The number of primary amides is 1. The van der Waals surface area contributed by atoms with Gasteiger partial charge < -0.3 is 15.8 Å². The topological polar surface area (TPSA) is 95.1 Å². The van der Waals surface area contributed by atoms with Crippen LogP contribution in [0.25, 0.3) is 11.0 Å². The summed E-state index contributed by atoms with van der Waals surface area (Å²) in [6, 6.07) is 1.89. The van der Waals surface area contributed by atoms with E-state index in [0.29, 0.717) is 32.6 Å². The fraction of sp³-hybridized carbons (Fsp3) is 0.500. The zero-order chi connectivity index (χ0) is 14.9. The number of amides is 1. The van der Waals surface area contributed by atoms with Crippen LogP contribution in [0, 0.1) is 5.41 Å². The lowest BCUT2D eigenvalue weighted by molar-refractivity contribution is -0.132. The minimum absolute atomic E-state index is 0.269. The molecule has 1 saturated heterocycles. The number of nitrogens with zero attached hydrogens (tertiary/aromatic N) is 3. The predicted octanol–water partition coefficient (Wildman–Crippen LogP) is 0.662. The van der Waals surface area contributed by atoms with Gasteiger partial charge in [-0.1, -0.05) is 0 Å². The molecule has 7 heteroatoms. The highest BCUT2D eigenvalue weighted by Crippen LogP contribution is 2.31. The monoisotopic (exact) mass is 289 g/mol. The predicted molar refractivity (Wildman–Crippen MR) is 78.7 cm³/mol. The van der Waals surface area contributed by atoms with E-state index in [-0.39, 0.29) is 5.91 Å². The number of aryl methyl sites for hydroxylation is 1. The van der Waals surface area contributed by atoms with Crippen LogP contribution in [-0.4, -0.2) is 40.4 Å². The smallest absolute Gasteiger partial charge is 0.225 e. The maximum atomic E-state index is 11.9. The summed E-state index contributed by atoms with van der Waals surface area (Å²) < 4.78 is 7.06. The van der Waals surface area contributed by atoms with Gasteiger partial charge in [0, 0.05) is 38.7 Å². The summed E-state index contributed by atoms with van der Waals surface area (Å²) in [4.78, 5) is 16.2. The second kappa shape index (κ2) is 5.33. The molecule has 1 aliphatic rings. The highest BCUT2D eigenvalue weighted by atomic mass is 16.5. The molecule has 3 heterocycles. The SMILES string of the molecule is Cn1ncc2c(NCC3(C(N)=O)CCOCC3)ccnc21. The van der Waals surface area contributed by atoms with Gasteiger partial charge in [-0.15, -0.1) is 0 Å². The van der Waals surface area contributed by atoms with Crippen LogP contribution < -0.4 is 11.1 Å². The summed E-state index contributed by atoms with van der Waals surface area (Å²) in [7, 11) is 1.85. The molecule has 0 atom stereocenters. The highest BCUT2D eigenvalue weighted by molar-refractivity contribution is 5.89. The molecule has 2 aromatic rings. The number of fused-ring (bicyclic) bond motifs is 1. The number of nitrogens with two attached hydrogens (primary N) is 1. The van der Waals surface area contributed by atoms with Gasteiger partial charge in [0.2, 0.25) is 5.91 Å². The second-order valence-corrected chi connectivity index (χ2v) is 5.47. The Kier molecular flexibility index (Phi) is 3.50. The molecule has 7 nitrogen and oxygen atoms in total. The van der Waals surface area contributed by atoms with Crippen LogP contribution in [0.4, 0.5) is 5.69 Å². The maximum Gasteiger partial charge on any atom is 0.225 e. The lowest BCUT2D eigenvalue weighted by atomic mass is 9.79. The Morgan fingerprint density at radius 3 is 3.00 bits per heavy atom. The molecule has 0 aliphatic carbocycles. The molecule has 0 unspecified atom stereocenters. The largest absolute Gasteiger partial charge is 0.383 e. The van der Waals surface area contributed by atoms with Crippen LogP contribution in [-0.2, 0) is 16.6 Å². The summed E-state index contributed by atoms with van der Waals surface area (Å²) >= 11 is 0. The van der Waals surface area contributed by atoms with Crippen LogP contribution in [0.2, 0.25) is 0 Å². The number of aromatic nitrogens is 3. The van der Waals surface area contributed by atoms with E-state index in [1.165, 1.54) is 0 Å². The molecule has 0 aromatic carbocycles. The quantitative estimate of drug-likeness (QED) is 0.862. The molecule has 1 fully saturated rings. The van der Waals surface area contributed by atoms with Crippen molar-refractivity contribution in [3.8, 4) is 0 Å². The number of nitrogens with one attached hydrogen (secondary N) is 1. The molecule has 0 bridgehead atoms. The zero-order valence-electron chi connectivity index (χ0n) is 12.0. The van der Waals surface area contributed by atoms with Crippen LogP contribution in [0.5, 0.6) is 0 Å². The van der Waals surface area contributed by atoms with Crippen molar-refractivity contribution in [2.45, 2.75) is 12.8 Å². The number of hydrogen-bond acceptors (Lipinski definition) is 5. The number of carbonyl (C=O) groups excluding carboxylic acids is 1. The van der Waals surface area contributed by atoms with Gasteiger partial charge in [-0.3, -0.25) is 9.48 Å². The molecular formula is C14H19N5O2. The fourth-order valence-electron chi connectivity index (χ4n) is 2.74. The number of rotatable bonds is 4. The number of carbonyl (C=O) groups is 1. The molecule has 21 heavy (non-hydrogen) atoms. The van der Waals surface area contributed by atoms with Crippen LogP contribution in [0.15, 0.2) is 18.5 Å². The van der Waals surface area contributed by atoms with E-state index in [1.807, 2.05) is 13.1 Å². The molecule has 0 radical (unpaired) electrons. The van der Waals surface area contributed by atoms with Gasteiger partial charge in [0.15, 0.2) is 5.65 Å². The number of ether oxygens (including phenoxy) is 1. The minimum Gasteiger partial charge on any atom is -0.383 e. The van der Waals surface area contributed by atoms with E-state index in [4.69, 9.17) is 10.5 Å². The molecule has 0 spiro atoms. The standard InChI is InChI=1S/C14H19N5O2/c1-19-12-10(8-18-19)11(2-5-16-12)17-9-14(13(15)20)3-6-21-7-4-14/h2,5,8H,3-4,6-7,9H2,1H3,(H2,15,20)(H,16,17). The van der Waals surface area contributed by atoms with E-state index in [0.717, 1.165) is 16.7 Å². The molecule has 0 saturated carbocycles. The second-order valence-electron chi connectivity index (χ2n) is 5.47. The van der Waals surface area contributed by atoms with E-state index in [9.17, 15) is 4.79 Å². The van der Waals surface area contributed by atoms with Crippen molar-refractivity contribution in [1.29, 1.82) is 0 Å². The zero-order valence-corrected chi connectivity index (χ0v) is 12.0. The Morgan fingerprint density at radius 2 is 2.29 bits per heavy atom. The lowest BCUT2D eigenvalue weighted by Gasteiger charge is -2.34. The fourth-order valence-corrected chi connectivity index (χ4v) is 2.74. The molecule has 112 valence electrons. The van der Waals surface area contributed by atoms with Gasteiger partial charge in [-0.05, 0) is 18.9 Å². The Bertz CT molecular complexity index is 660. The molecule has 3 N–H and O–H groups in total. The van der Waals surface area contributed by atoms with E-state index >= 15 is 0 Å². The Balaban J connectivity index is 1.83. The Morgan fingerprint density at radius 1 is 1.52 bits per heavy atom. The van der Waals surface area contributed by atoms with Crippen molar-refractivity contribution in [2.24, 2.45) is 18.2 Å². The van der Waals surface area contributed by atoms with Crippen molar-refractivity contribution in [3.63, 3.8) is 0 Å². The van der Waals surface area contributed by atoms with E-state index in [1.54, 1.807) is 17.1 Å². The summed E-state index contributed by atoms with van der Waals surface area (Å²) in [5.74, 6) is -0.269. The average Bonchev–Trinajstić information content (AvgIpc) is 2.88. The highest BCUT2D eigenvalue weighted by Gasteiger charge is 2.38. The Hall–Kier alpha value is -2.15. The third-order valence-corrected chi connectivity index (χ3v) is 4.23. The van der Waals surface area contributed by atoms with Crippen molar-refractivity contribution in [1.82, 2.24) is 14.8 Å². The van der Waals surface area contributed by atoms with Gasteiger partial charge in [0.05, 0.1) is 17.0 Å². The summed E-state index contributed by atoms with van der Waals surface area (Å²) in [5, 5.41) is 8.49. The van der Waals surface area contributed by atoms with Gasteiger partial charge in [0.1, 0.15) is 0 Å². The van der Waals surface area contributed by atoms with Gasteiger partial charge in [-0.25, -0.2) is 4.98 Å². The number of pyridine rings is 1. The van der Waals surface area contributed by atoms with Crippen molar-refractivity contribution < 1.29 is 9.53 Å². The molecule has 1 amide bonds. The van der Waals surface area contributed by atoms with Gasteiger partial charge in [-0.2, -0.15) is 5.10 Å². The van der Waals surface area contributed by atoms with Crippen LogP contribution >= 0.6 is 0 Å². The first-order valence-corrected chi connectivity index (χ1v) is 7.01. The first-order chi connectivity index (χ1) is 10.1. The normalized spacial score (nSPS) is 17.8. The molecule has 1 aliphatic heterocycles. The van der Waals surface area contributed by atoms with E-state index < -0.39 is 5.41 Å². The van der Waals surface area contributed by atoms with Crippen LogP contribution in [0.1, 0.15) is 12.8 Å². The van der Waals surface area contributed by atoms with Crippen LogP contribution in [0.3, 0.4) is 0 Å². The third-order valence-electron chi connectivity index (χ3n) is 4.23. The first kappa shape index (κ1) is 13.8. The number of hydrogen-bond donors (Lipinski definition) is 2. The maximum absolute atomic E-state index is 11.9.